The van der Waals surface area contributed by atoms with Crippen molar-refractivity contribution in [3.05, 3.63) is 30.3 Å². The minimum Gasteiger partial charge on any atom is -0.242 e. The lowest BCUT2D eigenvalue weighted by Crippen LogP contribution is -2.23. The molecule has 54 valence electrons. The van der Waals surface area contributed by atoms with Crippen LogP contribution in [0.3, 0.4) is 0 Å². The molecule has 0 amide bonds. The van der Waals surface area contributed by atoms with Gasteiger partial charge < -0.3 is 0 Å². The van der Waals surface area contributed by atoms with Crippen molar-refractivity contribution in [2.45, 2.75) is 0 Å². The zero-order chi connectivity index (χ0) is 7.40. The summed E-state index contributed by atoms with van der Waals surface area (Å²) in [7, 11) is 1.85. The van der Waals surface area contributed by atoms with Crippen LogP contribution in [-0.2, 0) is 0 Å². The third kappa shape index (κ3) is 1.72. The van der Waals surface area contributed by atoms with Gasteiger partial charge in [0.25, 0.3) is 0 Å². The van der Waals surface area contributed by atoms with Gasteiger partial charge in [-0.15, -0.1) is 0 Å². The zero-order valence-corrected chi connectivity index (χ0v) is 7.30. The number of rotatable bonds is 2. The first-order valence-corrected chi connectivity index (χ1v) is 3.74. The van der Waals surface area contributed by atoms with Crippen molar-refractivity contribution in [2.24, 2.45) is 0 Å². The number of para-hydroxylation sites is 1. The fourth-order valence-corrected chi connectivity index (χ4v) is 0.924. The highest BCUT2D eigenvalue weighted by Gasteiger charge is 1.94. The average molecular weight is 201 g/mol. The highest BCUT2D eigenvalue weighted by molar-refractivity contribution is 9.10. The summed E-state index contributed by atoms with van der Waals surface area (Å²) >= 11 is 3.31. The van der Waals surface area contributed by atoms with Crippen LogP contribution >= 0.6 is 16.1 Å². The Kier molecular flexibility index (Phi) is 2.71. The molecule has 0 bridgehead atoms. The Morgan fingerprint density at radius 2 is 1.90 bits per heavy atom. The largest absolute Gasteiger partial charge is 0.242 e. The summed E-state index contributed by atoms with van der Waals surface area (Å²) in [4.78, 5) is 0. The molecule has 0 unspecified atom stereocenters. The van der Waals surface area contributed by atoms with Gasteiger partial charge in [0, 0.05) is 7.05 Å². The van der Waals surface area contributed by atoms with Crippen LogP contribution in [0.2, 0.25) is 0 Å². The first-order valence-electron chi connectivity index (χ1n) is 3.03. The highest BCUT2D eigenvalue weighted by Crippen LogP contribution is 2.12. The molecule has 0 saturated carbocycles. The molecule has 1 aromatic carbocycles. The van der Waals surface area contributed by atoms with Crippen LogP contribution in [0.25, 0.3) is 0 Å². The minimum absolute atomic E-state index is 1.09. The smallest absolute Gasteiger partial charge is 0.0671 e. The van der Waals surface area contributed by atoms with E-state index in [0.717, 1.165) is 5.69 Å². The van der Waals surface area contributed by atoms with Crippen molar-refractivity contribution in [1.29, 1.82) is 0 Å². The molecule has 0 aliphatic rings. The first kappa shape index (κ1) is 7.57. The van der Waals surface area contributed by atoms with Gasteiger partial charge in [0.1, 0.15) is 0 Å². The van der Waals surface area contributed by atoms with Crippen LogP contribution in [0.4, 0.5) is 5.69 Å². The van der Waals surface area contributed by atoms with Gasteiger partial charge in [-0.1, -0.05) is 18.2 Å². The lowest BCUT2D eigenvalue weighted by atomic mass is 10.3. The molecule has 1 N–H and O–H groups in total. The van der Waals surface area contributed by atoms with E-state index in [0.29, 0.717) is 0 Å². The van der Waals surface area contributed by atoms with Crippen molar-refractivity contribution >= 4 is 21.8 Å². The van der Waals surface area contributed by atoms with Crippen molar-refractivity contribution in [3.8, 4) is 0 Å². The number of hydrazine groups is 1. The number of halogens is 1. The maximum atomic E-state index is 3.31. The summed E-state index contributed by atoms with van der Waals surface area (Å²) in [5, 5.41) is 0. The van der Waals surface area contributed by atoms with Gasteiger partial charge in [0.2, 0.25) is 0 Å². The molecule has 0 fully saturated rings. The highest BCUT2D eigenvalue weighted by atomic mass is 79.9. The summed E-state index contributed by atoms with van der Waals surface area (Å²) < 4.78 is 1.77. The molecular weight excluding hydrogens is 192 g/mol. The summed E-state index contributed by atoms with van der Waals surface area (Å²) in [5.74, 6) is 0. The molecule has 1 rings (SSSR count). The fraction of sp³-hybridized carbons (Fsp3) is 0.143. The Bertz CT molecular complexity index is 188. The predicted octanol–water partition coefficient (Wildman–Crippen LogP) is 1.94. The van der Waals surface area contributed by atoms with E-state index >= 15 is 0 Å². The fourth-order valence-electron chi connectivity index (χ4n) is 0.688. The Morgan fingerprint density at radius 3 is 2.40 bits per heavy atom. The van der Waals surface area contributed by atoms with Crippen LogP contribution < -0.4 is 9.46 Å². The molecule has 0 atom stereocenters. The summed E-state index contributed by atoms with van der Waals surface area (Å²) in [6.07, 6.45) is 0. The van der Waals surface area contributed by atoms with E-state index in [2.05, 4.69) is 21.6 Å². The molecule has 0 aliphatic heterocycles. The van der Waals surface area contributed by atoms with E-state index in [-0.39, 0.29) is 0 Å². The summed E-state index contributed by atoms with van der Waals surface area (Å²) in [6, 6.07) is 9.97. The second kappa shape index (κ2) is 3.58. The average Bonchev–Trinajstić information content (AvgIpc) is 2.05. The van der Waals surface area contributed by atoms with Crippen LogP contribution in [0.1, 0.15) is 0 Å². The second-order valence-electron chi connectivity index (χ2n) is 1.84. The standard InChI is InChI=1S/C7H9BrN2/c1-9-10(8)7-5-3-2-4-6-7/h2-6,9H,1H3. The van der Waals surface area contributed by atoms with Crippen molar-refractivity contribution < 1.29 is 0 Å². The molecule has 0 heterocycles. The van der Waals surface area contributed by atoms with Gasteiger partial charge in [-0.05, 0) is 12.1 Å². The monoisotopic (exact) mass is 200 g/mol. The van der Waals surface area contributed by atoms with Crippen molar-refractivity contribution in [3.63, 3.8) is 0 Å². The normalized spacial score (nSPS) is 9.40. The quantitative estimate of drug-likeness (QED) is 0.581. The lowest BCUT2D eigenvalue weighted by Gasteiger charge is -2.13. The maximum Gasteiger partial charge on any atom is 0.0671 e. The SMILES string of the molecule is CNN(Br)c1ccccc1. The van der Waals surface area contributed by atoms with Gasteiger partial charge >= 0.3 is 0 Å². The van der Waals surface area contributed by atoms with E-state index in [1.165, 1.54) is 0 Å². The number of hydrogen-bond acceptors (Lipinski definition) is 2. The number of nitrogens with zero attached hydrogens (tertiary/aromatic N) is 1. The summed E-state index contributed by atoms with van der Waals surface area (Å²) in [5.41, 5.74) is 4.02. The first-order chi connectivity index (χ1) is 4.84. The van der Waals surface area contributed by atoms with Crippen LogP contribution in [-0.4, -0.2) is 7.05 Å². The lowest BCUT2D eigenvalue weighted by molar-refractivity contribution is 0.910. The number of nitrogens with one attached hydrogen (secondary N) is 1. The third-order valence-corrected chi connectivity index (χ3v) is 1.94. The van der Waals surface area contributed by atoms with Crippen molar-refractivity contribution in [2.75, 3.05) is 11.1 Å². The molecule has 0 aromatic heterocycles. The Morgan fingerprint density at radius 1 is 1.30 bits per heavy atom. The molecule has 0 saturated heterocycles. The van der Waals surface area contributed by atoms with E-state index in [1.807, 2.05) is 37.4 Å². The second-order valence-corrected chi connectivity index (χ2v) is 2.55. The van der Waals surface area contributed by atoms with Crippen LogP contribution in [0.5, 0.6) is 0 Å². The Labute approximate surface area is 69.2 Å². The van der Waals surface area contributed by atoms with Gasteiger partial charge in [-0.2, -0.15) is 0 Å². The molecular formula is C7H9BrN2. The number of benzene rings is 1. The molecule has 1 aromatic rings. The molecule has 2 nitrogen and oxygen atoms in total. The van der Waals surface area contributed by atoms with Crippen LogP contribution in [0.15, 0.2) is 30.3 Å². The van der Waals surface area contributed by atoms with E-state index < -0.39 is 0 Å². The molecule has 0 radical (unpaired) electrons. The Balaban J connectivity index is 2.75. The van der Waals surface area contributed by atoms with Crippen LogP contribution in [0, 0.1) is 0 Å². The topological polar surface area (TPSA) is 15.3 Å². The van der Waals surface area contributed by atoms with Gasteiger partial charge in [-0.3, -0.25) is 0 Å². The molecule has 3 heteroatoms. The number of anilines is 1. The molecule has 0 aliphatic carbocycles. The van der Waals surface area contributed by atoms with Gasteiger partial charge in [-0.25, -0.2) is 9.46 Å². The van der Waals surface area contributed by atoms with E-state index in [9.17, 15) is 0 Å². The van der Waals surface area contributed by atoms with Gasteiger partial charge in [0.15, 0.2) is 0 Å². The number of hydrogen-bond donors (Lipinski definition) is 1. The maximum absolute atomic E-state index is 3.31. The van der Waals surface area contributed by atoms with E-state index in [4.69, 9.17) is 0 Å². The molecule has 10 heavy (non-hydrogen) atoms. The van der Waals surface area contributed by atoms with Gasteiger partial charge in [0.05, 0.1) is 21.8 Å². The van der Waals surface area contributed by atoms with Crippen molar-refractivity contribution in [1.82, 2.24) is 5.43 Å². The van der Waals surface area contributed by atoms with E-state index in [1.54, 1.807) is 4.03 Å². The zero-order valence-electron chi connectivity index (χ0n) is 5.71. The Hall–Kier alpha value is -0.540. The minimum atomic E-state index is 1.09. The molecule has 0 spiro atoms. The third-order valence-electron chi connectivity index (χ3n) is 1.18. The predicted molar refractivity (Wildman–Crippen MR) is 46.9 cm³/mol. The summed E-state index contributed by atoms with van der Waals surface area (Å²) in [6.45, 7) is 0.